The third-order valence-electron chi connectivity index (χ3n) is 2.39. The van der Waals surface area contributed by atoms with Gasteiger partial charge in [-0.25, -0.2) is 4.39 Å². The van der Waals surface area contributed by atoms with Crippen molar-refractivity contribution in [2.45, 2.75) is 6.54 Å². The van der Waals surface area contributed by atoms with Gasteiger partial charge in [0.1, 0.15) is 5.82 Å². The summed E-state index contributed by atoms with van der Waals surface area (Å²) < 4.78 is 15.3. The predicted octanol–water partition coefficient (Wildman–Crippen LogP) is 2.27. The molecule has 0 spiro atoms. The van der Waals surface area contributed by atoms with Crippen LogP contribution in [0.15, 0.2) is 41.5 Å². The zero-order valence-electron chi connectivity index (χ0n) is 8.86. The van der Waals surface area contributed by atoms with Crippen LogP contribution < -0.4 is 11.2 Å². The molecule has 2 rings (SSSR count). The molecule has 2 N–H and O–H groups in total. The molecule has 3 nitrogen and oxygen atoms in total. The Morgan fingerprint density at radius 3 is 2.82 bits per heavy atom. The van der Waals surface area contributed by atoms with Crippen molar-refractivity contribution in [3.8, 4) is 0 Å². The van der Waals surface area contributed by atoms with Gasteiger partial charge in [-0.3, -0.25) is 4.79 Å². The molecule has 0 aliphatic rings. The van der Waals surface area contributed by atoms with E-state index in [2.05, 4.69) is 0 Å². The molecule has 0 aliphatic heterocycles. The molecule has 1 aromatic heterocycles. The van der Waals surface area contributed by atoms with Gasteiger partial charge >= 0.3 is 0 Å². The molecule has 0 radical (unpaired) electrons. The van der Waals surface area contributed by atoms with Crippen LogP contribution in [0.1, 0.15) is 5.56 Å². The number of benzene rings is 1. The fourth-order valence-corrected chi connectivity index (χ4v) is 1.70. The van der Waals surface area contributed by atoms with Crippen molar-refractivity contribution in [2.24, 2.45) is 0 Å². The van der Waals surface area contributed by atoms with Gasteiger partial charge in [0.25, 0.3) is 0 Å². The second kappa shape index (κ2) is 4.59. The van der Waals surface area contributed by atoms with Gasteiger partial charge in [-0.05, 0) is 6.07 Å². The molecule has 0 atom stereocenters. The van der Waals surface area contributed by atoms with E-state index in [0.29, 0.717) is 5.56 Å². The van der Waals surface area contributed by atoms with Gasteiger partial charge in [-0.2, -0.15) is 0 Å². The molecule has 2 aromatic rings. The van der Waals surface area contributed by atoms with Crippen molar-refractivity contribution in [1.29, 1.82) is 0 Å². The Morgan fingerprint density at radius 2 is 2.12 bits per heavy atom. The van der Waals surface area contributed by atoms with E-state index in [1.165, 1.54) is 18.3 Å². The number of halogens is 2. The van der Waals surface area contributed by atoms with E-state index >= 15 is 0 Å². The SMILES string of the molecule is Nc1cn(Cc2cccc(Cl)c2F)ccc1=O. The number of hydrogen-bond donors (Lipinski definition) is 1. The summed E-state index contributed by atoms with van der Waals surface area (Å²) in [4.78, 5) is 11.1. The van der Waals surface area contributed by atoms with Gasteiger partial charge in [-0.15, -0.1) is 0 Å². The maximum Gasteiger partial charge on any atom is 0.204 e. The summed E-state index contributed by atoms with van der Waals surface area (Å²) in [6.45, 7) is 0.275. The Balaban J connectivity index is 2.35. The van der Waals surface area contributed by atoms with E-state index in [9.17, 15) is 9.18 Å². The molecule has 0 aliphatic carbocycles. The van der Waals surface area contributed by atoms with Crippen molar-refractivity contribution in [3.63, 3.8) is 0 Å². The van der Waals surface area contributed by atoms with Crippen LogP contribution in [0, 0.1) is 5.82 Å². The van der Waals surface area contributed by atoms with Gasteiger partial charge in [0.2, 0.25) is 5.43 Å². The van der Waals surface area contributed by atoms with E-state index in [-0.39, 0.29) is 22.7 Å². The van der Waals surface area contributed by atoms with Crippen LogP contribution in [0.25, 0.3) is 0 Å². The standard InChI is InChI=1S/C12H10ClFN2O/c13-9-3-1-2-8(12(9)14)6-16-5-4-11(17)10(15)7-16/h1-5,7H,6,15H2. The summed E-state index contributed by atoms with van der Waals surface area (Å²) in [6.07, 6.45) is 3.03. The summed E-state index contributed by atoms with van der Waals surface area (Å²) in [5.74, 6) is -0.452. The number of anilines is 1. The first-order valence-corrected chi connectivity index (χ1v) is 5.34. The van der Waals surface area contributed by atoms with E-state index in [4.69, 9.17) is 17.3 Å². The number of aromatic nitrogens is 1. The summed E-state index contributed by atoms with van der Waals surface area (Å²) in [7, 11) is 0. The first-order valence-electron chi connectivity index (χ1n) is 4.96. The first-order chi connectivity index (χ1) is 8.08. The maximum atomic E-state index is 13.6. The average molecular weight is 253 g/mol. The minimum atomic E-state index is -0.452. The number of pyridine rings is 1. The lowest BCUT2D eigenvalue weighted by molar-refractivity contribution is 0.599. The number of nitrogen functional groups attached to an aromatic ring is 1. The highest BCUT2D eigenvalue weighted by molar-refractivity contribution is 6.30. The zero-order chi connectivity index (χ0) is 12.4. The highest BCUT2D eigenvalue weighted by Gasteiger charge is 2.06. The van der Waals surface area contributed by atoms with Gasteiger partial charge in [0, 0.05) is 24.0 Å². The molecule has 1 aromatic carbocycles. The molecular weight excluding hydrogens is 243 g/mol. The molecule has 1 heterocycles. The zero-order valence-corrected chi connectivity index (χ0v) is 9.62. The highest BCUT2D eigenvalue weighted by atomic mass is 35.5. The monoisotopic (exact) mass is 252 g/mol. The van der Waals surface area contributed by atoms with Gasteiger partial charge in [-0.1, -0.05) is 23.7 Å². The molecule has 0 fully saturated rings. The minimum Gasteiger partial charge on any atom is -0.394 e. The van der Waals surface area contributed by atoms with Crippen LogP contribution in [0.3, 0.4) is 0 Å². The molecule has 0 saturated carbocycles. The van der Waals surface area contributed by atoms with Gasteiger partial charge in [0.15, 0.2) is 0 Å². The number of rotatable bonds is 2. The fourth-order valence-electron chi connectivity index (χ4n) is 1.51. The summed E-state index contributed by atoms with van der Waals surface area (Å²) in [6, 6.07) is 6.14. The van der Waals surface area contributed by atoms with Crippen LogP contribution in [0.5, 0.6) is 0 Å². The largest absolute Gasteiger partial charge is 0.394 e. The molecule has 5 heteroatoms. The Labute approximate surface area is 102 Å². The molecule has 0 amide bonds. The molecule has 0 saturated heterocycles. The van der Waals surface area contributed by atoms with Crippen molar-refractivity contribution in [2.75, 3.05) is 5.73 Å². The highest BCUT2D eigenvalue weighted by Crippen LogP contribution is 2.18. The normalized spacial score (nSPS) is 10.5. The lowest BCUT2D eigenvalue weighted by Gasteiger charge is -2.08. The smallest absolute Gasteiger partial charge is 0.204 e. The summed E-state index contributed by atoms with van der Waals surface area (Å²) in [5, 5.41) is 0.0801. The van der Waals surface area contributed by atoms with Gasteiger partial charge in [0.05, 0.1) is 17.3 Å². The second-order valence-corrected chi connectivity index (χ2v) is 4.06. The van der Waals surface area contributed by atoms with Crippen LogP contribution >= 0.6 is 11.6 Å². The van der Waals surface area contributed by atoms with Crippen molar-refractivity contribution in [1.82, 2.24) is 4.57 Å². The number of hydrogen-bond acceptors (Lipinski definition) is 2. The quantitative estimate of drug-likeness (QED) is 0.891. The fraction of sp³-hybridized carbons (Fsp3) is 0.0833. The minimum absolute atomic E-state index is 0.0801. The topological polar surface area (TPSA) is 48.0 Å². The maximum absolute atomic E-state index is 13.6. The third-order valence-corrected chi connectivity index (χ3v) is 2.68. The Bertz CT molecular complexity index is 610. The van der Waals surface area contributed by atoms with Crippen LogP contribution in [-0.4, -0.2) is 4.57 Å². The lowest BCUT2D eigenvalue weighted by Crippen LogP contribution is -2.11. The van der Waals surface area contributed by atoms with E-state index in [1.54, 1.807) is 22.9 Å². The Hall–Kier alpha value is -1.81. The molecule has 0 unspecified atom stereocenters. The number of nitrogens with zero attached hydrogens (tertiary/aromatic N) is 1. The van der Waals surface area contributed by atoms with Crippen molar-refractivity contribution in [3.05, 3.63) is 63.3 Å². The van der Waals surface area contributed by atoms with E-state index < -0.39 is 5.82 Å². The van der Waals surface area contributed by atoms with Crippen LogP contribution in [0.2, 0.25) is 5.02 Å². The van der Waals surface area contributed by atoms with Crippen molar-refractivity contribution < 1.29 is 4.39 Å². The van der Waals surface area contributed by atoms with Gasteiger partial charge < -0.3 is 10.3 Å². The average Bonchev–Trinajstić information content (AvgIpc) is 2.30. The molecule has 17 heavy (non-hydrogen) atoms. The third kappa shape index (κ3) is 2.47. The number of nitrogens with two attached hydrogens (primary N) is 1. The van der Waals surface area contributed by atoms with E-state index in [0.717, 1.165) is 0 Å². The second-order valence-electron chi connectivity index (χ2n) is 3.65. The van der Waals surface area contributed by atoms with Crippen LogP contribution in [-0.2, 0) is 6.54 Å². The summed E-state index contributed by atoms with van der Waals surface area (Å²) >= 11 is 5.68. The molecular formula is C12H10ClFN2O. The lowest BCUT2D eigenvalue weighted by atomic mass is 10.2. The summed E-state index contributed by atoms with van der Waals surface area (Å²) in [5.41, 5.74) is 5.83. The Morgan fingerprint density at radius 1 is 1.35 bits per heavy atom. The first kappa shape index (κ1) is 11.7. The predicted molar refractivity (Wildman–Crippen MR) is 65.6 cm³/mol. The molecule has 88 valence electrons. The van der Waals surface area contributed by atoms with Crippen molar-refractivity contribution >= 4 is 17.3 Å². The van der Waals surface area contributed by atoms with Crippen LogP contribution in [0.4, 0.5) is 10.1 Å². The Kier molecular flexibility index (Phi) is 3.15. The molecule has 0 bridgehead atoms. The van der Waals surface area contributed by atoms with E-state index in [1.807, 2.05) is 0 Å².